The van der Waals surface area contributed by atoms with Crippen molar-refractivity contribution >= 4 is 17.4 Å². The summed E-state index contributed by atoms with van der Waals surface area (Å²) in [6.07, 6.45) is 1.67. The van der Waals surface area contributed by atoms with Gasteiger partial charge >= 0.3 is 0 Å². The fourth-order valence-corrected chi connectivity index (χ4v) is 2.12. The molecule has 1 amide bonds. The molecule has 1 aromatic carbocycles. The summed E-state index contributed by atoms with van der Waals surface area (Å²) in [6, 6.07) is 7.47. The number of Topliss-reactive ketones (excluding diaryl/α,β-unsaturated/α-hetero) is 1. The average Bonchev–Trinajstić information content (AvgIpc) is 2.75. The molecule has 0 fully saturated rings. The second-order valence-corrected chi connectivity index (χ2v) is 5.05. The largest absolute Gasteiger partial charge is 0.346 e. The number of hydrogen-bond donors (Lipinski definition) is 1. The number of hydrogen-bond acceptors (Lipinski definition) is 2. The first-order valence-corrected chi connectivity index (χ1v) is 6.44. The topological polar surface area (TPSA) is 51.1 Å². The monoisotopic (exact) mass is 270 g/mol. The lowest BCUT2D eigenvalue weighted by Crippen LogP contribution is -2.16. The number of nitrogens with one attached hydrogen (secondary N) is 1. The molecular formula is C16H18N2O2. The first kappa shape index (κ1) is 14.1. The van der Waals surface area contributed by atoms with Crippen molar-refractivity contribution in [1.29, 1.82) is 0 Å². The molecule has 2 rings (SSSR count). The highest BCUT2D eigenvalue weighted by molar-refractivity contribution is 6.05. The van der Waals surface area contributed by atoms with Crippen LogP contribution in [-0.4, -0.2) is 16.3 Å². The number of aryl methyl sites for hydroxylation is 3. The van der Waals surface area contributed by atoms with Gasteiger partial charge in [-0.25, -0.2) is 0 Å². The number of aromatic nitrogens is 1. The number of anilines is 1. The molecule has 0 saturated heterocycles. The van der Waals surface area contributed by atoms with E-state index in [0.717, 1.165) is 16.8 Å². The number of amides is 1. The Hall–Kier alpha value is -2.36. The van der Waals surface area contributed by atoms with Gasteiger partial charge in [0.05, 0.1) is 0 Å². The number of carbonyl (C=O) groups excluding carboxylic acids is 2. The van der Waals surface area contributed by atoms with Crippen molar-refractivity contribution in [2.45, 2.75) is 20.8 Å². The van der Waals surface area contributed by atoms with Crippen LogP contribution in [0.2, 0.25) is 0 Å². The predicted octanol–water partition coefficient (Wildman–Crippen LogP) is 3.10. The van der Waals surface area contributed by atoms with Crippen molar-refractivity contribution in [1.82, 2.24) is 4.57 Å². The van der Waals surface area contributed by atoms with Crippen LogP contribution in [0.3, 0.4) is 0 Å². The zero-order valence-electron chi connectivity index (χ0n) is 12.2. The van der Waals surface area contributed by atoms with Crippen molar-refractivity contribution in [2.75, 3.05) is 5.32 Å². The molecule has 104 valence electrons. The maximum absolute atomic E-state index is 12.3. The van der Waals surface area contributed by atoms with Crippen LogP contribution in [0, 0.1) is 13.8 Å². The van der Waals surface area contributed by atoms with E-state index >= 15 is 0 Å². The van der Waals surface area contributed by atoms with Gasteiger partial charge in [-0.15, -0.1) is 0 Å². The Kier molecular flexibility index (Phi) is 3.74. The normalized spacial score (nSPS) is 10.4. The molecule has 4 heteroatoms. The van der Waals surface area contributed by atoms with Gasteiger partial charge in [-0.1, -0.05) is 17.7 Å². The second kappa shape index (κ2) is 5.33. The lowest BCUT2D eigenvalue weighted by atomic mass is 10.1. The van der Waals surface area contributed by atoms with Gasteiger partial charge in [0.25, 0.3) is 5.91 Å². The molecule has 0 atom stereocenters. The summed E-state index contributed by atoms with van der Waals surface area (Å²) in [7, 11) is 1.75. The van der Waals surface area contributed by atoms with Crippen molar-refractivity contribution < 1.29 is 9.59 Å². The summed E-state index contributed by atoms with van der Waals surface area (Å²) < 4.78 is 1.66. The van der Waals surface area contributed by atoms with E-state index in [0.29, 0.717) is 11.3 Å². The van der Waals surface area contributed by atoms with E-state index in [2.05, 4.69) is 5.32 Å². The van der Waals surface area contributed by atoms with Gasteiger partial charge in [0.15, 0.2) is 5.78 Å². The Balaban J connectivity index is 2.26. The number of nitrogens with zero attached hydrogens (tertiary/aromatic N) is 1. The quantitative estimate of drug-likeness (QED) is 0.871. The summed E-state index contributed by atoms with van der Waals surface area (Å²) in [5.74, 6) is -0.266. The van der Waals surface area contributed by atoms with E-state index in [-0.39, 0.29) is 11.7 Å². The Bertz CT molecular complexity index is 684. The van der Waals surface area contributed by atoms with Gasteiger partial charge in [-0.3, -0.25) is 9.59 Å². The van der Waals surface area contributed by atoms with E-state index < -0.39 is 0 Å². The third-order valence-electron chi connectivity index (χ3n) is 3.27. The van der Waals surface area contributed by atoms with Gasteiger partial charge in [-0.05, 0) is 38.5 Å². The number of carbonyl (C=O) groups is 2. The number of benzene rings is 1. The van der Waals surface area contributed by atoms with Crippen LogP contribution in [0.5, 0.6) is 0 Å². The highest BCUT2D eigenvalue weighted by atomic mass is 16.2. The lowest BCUT2D eigenvalue weighted by Gasteiger charge is -2.09. The molecule has 0 unspecified atom stereocenters. The van der Waals surface area contributed by atoms with Crippen LogP contribution < -0.4 is 5.32 Å². The molecule has 0 aliphatic rings. The molecular weight excluding hydrogens is 252 g/mol. The van der Waals surface area contributed by atoms with E-state index in [1.807, 2.05) is 32.0 Å². The highest BCUT2D eigenvalue weighted by Crippen LogP contribution is 2.18. The van der Waals surface area contributed by atoms with Gasteiger partial charge in [0, 0.05) is 24.5 Å². The van der Waals surface area contributed by atoms with Crippen molar-refractivity contribution in [3.05, 3.63) is 52.8 Å². The fourth-order valence-electron chi connectivity index (χ4n) is 2.12. The fraction of sp³-hybridized carbons (Fsp3) is 0.250. The van der Waals surface area contributed by atoms with E-state index in [1.54, 1.807) is 23.9 Å². The summed E-state index contributed by atoms with van der Waals surface area (Å²) in [6.45, 7) is 5.45. The lowest BCUT2D eigenvalue weighted by molar-refractivity contribution is 0.101. The Morgan fingerprint density at radius 1 is 1.15 bits per heavy atom. The average molecular weight is 270 g/mol. The zero-order valence-corrected chi connectivity index (χ0v) is 12.2. The van der Waals surface area contributed by atoms with Crippen LogP contribution in [0.4, 0.5) is 5.69 Å². The van der Waals surface area contributed by atoms with Gasteiger partial charge in [-0.2, -0.15) is 0 Å². The third-order valence-corrected chi connectivity index (χ3v) is 3.27. The Morgan fingerprint density at radius 2 is 1.85 bits per heavy atom. The first-order valence-electron chi connectivity index (χ1n) is 6.44. The van der Waals surface area contributed by atoms with Crippen molar-refractivity contribution in [3.8, 4) is 0 Å². The number of ketones is 1. The van der Waals surface area contributed by atoms with Crippen LogP contribution in [0.15, 0.2) is 30.5 Å². The molecule has 20 heavy (non-hydrogen) atoms. The Morgan fingerprint density at radius 3 is 2.40 bits per heavy atom. The maximum Gasteiger partial charge on any atom is 0.272 e. The molecule has 1 aromatic heterocycles. The summed E-state index contributed by atoms with van der Waals surface area (Å²) in [4.78, 5) is 23.6. The molecule has 0 aliphatic carbocycles. The van der Waals surface area contributed by atoms with Crippen LogP contribution in [0.25, 0.3) is 0 Å². The molecule has 0 aliphatic heterocycles. The van der Waals surface area contributed by atoms with E-state index in [9.17, 15) is 9.59 Å². The zero-order chi connectivity index (χ0) is 14.9. The molecule has 0 bridgehead atoms. The minimum absolute atomic E-state index is 0.0498. The van der Waals surface area contributed by atoms with Crippen LogP contribution >= 0.6 is 0 Å². The van der Waals surface area contributed by atoms with Crippen LogP contribution in [-0.2, 0) is 7.05 Å². The van der Waals surface area contributed by atoms with Gasteiger partial charge < -0.3 is 9.88 Å². The maximum atomic E-state index is 12.3. The van der Waals surface area contributed by atoms with Gasteiger partial charge in [0.1, 0.15) is 5.69 Å². The summed E-state index contributed by atoms with van der Waals surface area (Å²) in [5.41, 5.74) is 3.96. The molecule has 0 saturated carbocycles. The minimum Gasteiger partial charge on any atom is -0.346 e. The molecule has 1 N–H and O–H groups in total. The Labute approximate surface area is 118 Å². The van der Waals surface area contributed by atoms with E-state index in [4.69, 9.17) is 0 Å². The first-order chi connectivity index (χ1) is 9.38. The van der Waals surface area contributed by atoms with E-state index in [1.165, 1.54) is 6.92 Å². The third kappa shape index (κ3) is 2.79. The highest BCUT2D eigenvalue weighted by Gasteiger charge is 2.14. The van der Waals surface area contributed by atoms with Crippen molar-refractivity contribution in [2.24, 2.45) is 7.05 Å². The molecule has 0 radical (unpaired) electrons. The van der Waals surface area contributed by atoms with Crippen LogP contribution in [0.1, 0.15) is 38.9 Å². The standard InChI is InChI=1S/C16H18N2O2/c1-10-5-6-14(11(2)7-10)17-16(20)15-8-13(12(3)19)9-18(15)4/h5-9H,1-4H3,(H,17,20). The molecule has 1 heterocycles. The second-order valence-electron chi connectivity index (χ2n) is 5.05. The summed E-state index contributed by atoms with van der Waals surface area (Å²) >= 11 is 0. The predicted molar refractivity (Wildman–Crippen MR) is 79.3 cm³/mol. The smallest absolute Gasteiger partial charge is 0.272 e. The molecule has 2 aromatic rings. The SMILES string of the molecule is CC(=O)c1cc(C(=O)Nc2ccc(C)cc2C)n(C)c1. The minimum atomic E-state index is -0.216. The molecule has 4 nitrogen and oxygen atoms in total. The van der Waals surface area contributed by atoms with Crippen molar-refractivity contribution in [3.63, 3.8) is 0 Å². The molecule has 0 spiro atoms. The number of rotatable bonds is 3. The van der Waals surface area contributed by atoms with Gasteiger partial charge in [0.2, 0.25) is 0 Å². The summed E-state index contributed by atoms with van der Waals surface area (Å²) in [5, 5.41) is 2.88.